The van der Waals surface area contributed by atoms with E-state index in [2.05, 4.69) is 29.4 Å². The molecule has 0 amide bonds. The molecule has 3 rings (SSSR count). The molecule has 0 radical (unpaired) electrons. The van der Waals surface area contributed by atoms with Crippen LogP contribution in [-0.4, -0.2) is 23.6 Å². The predicted octanol–water partition coefficient (Wildman–Crippen LogP) is 1.28. The van der Waals surface area contributed by atoms with Gasteiger partial charge in [0.1, 0.15) is 6.04 Å². The summed E-state index contributed by atoms with van der Waals surface area (Å²) in [4.78, 5) is 15.4. The number of nitrogens with one attached hydrogen (secondary N) is 1. The number of para-hydroxylation sites is 1. The molecule has 2 aromatic rings. The molecule has 0 saturated carbocycles. The Morgan fingerprint density at radius 2 is 2.26 bits per heavy atom. The van der Waals surface area contributed by atoms with E-state index in [-0.39, 0.29) is 18.1 Å². The van der Waals surface area contributed by atoms with Gasteiger partial charge < -0.3 is 15.0 Å². The maximum absolute atomic E-state index is 11.9. The summed E-state index contributed by atoms with van der Waals surface area (Å²) in [6, 6.07) is 8.40. The highest BCUT2D eigenvalue weighted by Crippen LogP contribution is 2.28. The number of H-pyrrole nitrogens is 1. The van der Waals surface area contributed by atoms with Gasteiger partial charge in [0.2, 0.25) is 0 Å². The highest BCUT2D eigenvalue weighted by molar-refractivity contribution is 5.86. The molecule has 1 aliphatic rings. The first kappa shape index (κ1) is 12.2. The molecule has 2 heterocycles. The molecule has 3 N–H and O–H groups in total. The summed E-state index contributed by atoms with van der Waals surface area (Å²) in [5.74, 6) is -0.106. The van der Waals surface area contributed by atoms with Crippen molar-refractivity contribution >= 4 is 16.9 Å². The molecule has 1 aliphatic heterocycles. The third-order valence-electron chi connectivity index (χ3n) is 3.84. The molecule has 1 aromatic carbocycles. The first-order valence-corrected chi connectivity index (χ1v) is 6.81. The van der Waals surface area contributed by atoms with Crippen molar-refractivity contribution in [1.29, 1.82) is 0 Å². The Balaban J connectivity index is 2.00. The van der Waals surface area contributed by atoms with Crippen molar-refractivity contribution in [2.24, 2.45) is 0 Å². The number of esters is 1. The lowest BCUT2D eigenvalue weighted by Crippen LogP contribution is -2.94. The molecule has 4 heteroatoms. The van der Waals surface area contributed by atoms with Crippen LogP contribution < -0.4 is 5.32 Å². The summed E-state index contributed by atoms with van der Waals surface area (Å²) < 4.78 is 5.15. The molecule has 0 bridgehead atoms. The van der Waals surface area contributed by atoms with Crippen molar-refractivity contribution in [3.05, 3.63) is 35.5 Å². The van der Waals surface area contributed by atoms with E-state index in [1.807, 2.05) is 19.1 Å². The summed E-state index contributed by atoms with van der Waals surface area (Å²) >= 11 is 0. The standard InChI is InChI=1S/C15H18N2O2/c1-3-19-15(18)13-8-11-10-6-4-5-7-12(10)17-14(11)9(2)16-13/h4-7,9,13,16-17H,3,8H2,1-2H3/p+1/t9-,13-/m1/s1. The lowest BCUT2D eigenvalue weighted by Gasteiger charge is -2.24. The van der Waals surface area contributed by atoms with Crippen molar-refractivity contribution < 1.29 is 14.8 Å². The molecule has 0 spiro atoms. The van der Waals surface area contributed by atoms with E-state index in [1.54, 1.807) is 0 Å². The monoisotopic (exact) mass is 259 g/mol. The Kier molecular flexibility index (Phi) is 3.03. The lowest BCUT2D eigenvalue weighted by molar-refractivity contribution is -0.718. The molecule has 0 unspecified atom stereocenters. The van der Waals surface area contributed by atoms with E-state index in [0.29, 0.717) is 6.61 Å². The van der Waals surface area contributed by atoms with Crippen LogP contribution in [-0.2, 0) is 16.0 Å². The Labute approximate surface area is 112 Å². The number of ether oxygens (including phenoxy) is 1. The topological polar surface area (TPSA) is 58.7 Å². The number of nitrogens with two attached hydrogens (primary N) is 1. The van der Waals surface area contributed by atoms with Crippen LogP contribution in [0.1, 0.15) is 31.1 Å². The third-order valence-corrected chi connectivity index (χ3v) is 3.84. The van der Waals surface area contributed by atoms with Gasteiger partial charge in [0.05, 0.1) is 12.3 Å². The summed E-state index contributed by atoms with van der Waals surface area (Å²) in [5, 5.41) is 3.32. The fraction of sp³-hybridized carbons (Fsp3) is 0.400. The van der Waals surface area contributed by atoms with E-state index in [0.717, 1.165) is 11.9 Å². The molecule has 19 heavy (non-hydrogen) atoms. The van der Waals surface area contributed by atoms with Gasteiger partial charge in [-0.2, -0.15) is 0 Å². The van der Waals surface area contributed by atoms with Gasteiger partial charge in [0, 0.05) is 17.3 Å². The second-order valence-corrected chi connectivity index (χ2v) is 5.11. The van der Waals surface area contributed by atoms with Crippen molar-refractivity contribution in [3.63, 3.8) is 0 Å². The van der Waals surface area contributed by atoms with Gasteiger partial charge in [-0.3, -0.25) is 0 Å². The molecular weight excluding hydrogens is 240 g/mol. The smallest absolute Gasteiger partial charge is 0.365 e. The van der Waals surface area contributed by atoms with Crippen molar-refractivity contribution in [2.75, 3.05) is 6.61 Å². The van der Waals surface area contributed by atoms with Gasteiger partial charge in [-0.25, -0.2) is 4.79 Å². The molecule has 4 nitrogen and oxygen atoms in total. The first-order valence-electron chi connectivity index (χ1n) is 6.81. The van der Waals surface area contributed by atoms with E-state index >= 15 is 0 Å². The van der Waals surface area contributed by atoms with Gasteiger partial charge in [0.25, 0.3) is 0 Å². The van der Waals surface area contributed by atoms with Gasteiger partial charge in [-0.05, 0) is 25.5 Å². The van der Waals surface area contributed by atoms with Crippen LogP contribution in [0.4, 0.5) is 0 Å². The van der Waals surface area contributed by atoms with Gasteiger partial charge in [0.15, 0.2) is 6.04 Å². The predicted molar refractivity (Wildman–Crippen MR) is 72.8 cm³/mol. The summed E-state index contributed by atoms with van der Waals surface area (Å²) in [5.41, 5.74) is 3.66. The number of aromatic nitrogens is 1. The molecule has 0 saturated heterocycles. The summed E-state index contributed by atoms with van der Waals surface area (Å²) in [6.07, 6.45) is 0.739. The van der Waals surface area contributed by atoms with Crippen molar-refractivity contribution in [2.45, 2.75) is 32.4 Å². The van der Waals surface area contributed by atoms with E-state index in [9.17, 15) is 4.79 Å². The van der Waals surface area contributed by atoms with Crippen LogP contribution >= 0.6 is 0 Å². The molecule has 0 aliphatic carbocycles. The molecule has 0 fully saturated rings. The van der Waals surface area contributed by atoms with Crippen LogP contribution in [0.5, 0.6) is 0 Å². The van der Waals surface area contributed by atoms with Crippen LogP contribution in [0, 0.1) is 0 Å². The molecular formula is C15H19N2O2+. The minimum atomic E-state index is -0.123. The highest BCUT2D eigenvalue weighted by Gasteiger charge is 2.35. The quantitative estimate of drug-likeness (QED) is 0.798. The number of hydrogen-bond donors (Lipinski definition) is 2. The number of carbonyl (C=O) groups is 1. The molecule has 1 aromatic heterocycles. The zero-order valence-electron chi connectivity index (χ0n) is 11.3. The Morgan fingerprint density at radius 1 is 1.47 bits per heavy atom. The Bertz CT molecular complexity index is 618. The zero-order valence-corrected chi connectivity index (χ0v) is 11.3. The minimum Gasteiger partial charge on any atom is -0.462 e. The summed E-state index contributed by atoms with van der Waals surface area (Å²) in [6.45, 7) is 4.42. The number of carbonyl (C=O) groups excluding carboxylic acids is 1. The highest BCUT2D eigenvalue weighted by atomic mass is 16.5. The minimum absolute atomic E-state index is 0.106. The second-order valence-electron chi connectivity index (χ2n) is 5.11. The van der Waals surface area contributed by atoms with Crippen molar-refractivity contribution in [3.8, 4) is 0 Å². The fourth-order valence-electron chi connectivity index (χ4n) is 2.97. The second kappa shape index (κ2) is 4.70. The fourth-order valence-corrected chi connectivity index (χ4v) is 2.97. The zero-order chi connectivity index (χ0) is 13.4. The van der Waals surface area contributed by atoms with E-state index < -0.39 is 0 Å². The largest absolute Gasteiger partial charge is 0.462 e. The average Bonchev–Trinajstić information content (AvgIpc) is 2.78. The van der Waals surface area contributed by atoms with Gasteiger partial charge in [-0.15, -0.1) is 0 Å². The van der Waals surface area contributed by atoms with Crippen LogP contribution in [0.2, 0.25) is 0 Å². The lowest BCUT2D eigenvalue weighted by atomic mass is 9.95. The van der Waals surface area contributed by atoms with Crippen LogP contribution in [0.25, 0.3) is 10.9 Å². The number of quaternary nitrogens is 1. The first-order chi connectivity index (χ1) is 9.20. The van der Waals surface area contributed by atoms with E-state index in [1.165, 1.54) is 16.6 Å². The van der Waals surface area contributed by atoms with E-state index in [4.69, 9.17) is 4.74 Å². The number of hydrogen-bond acceptors (Lipinski definition) is 2. The molecule has 2 atom stereocenters. The third kappa shape index (κ3) is 2.02. The maximum atomic E-state index is 11.9. The van der Waals surface area contributed by atoms with Crippen LogP contribution in [0.15, 0.2) is 24.3 Å². The SMILES string of the molecule is CCOC(=O)[C@H]1Cc2c([nH]c3ccccc23)[C@@H](C)[NH2+]1. The number of aromatic amines is 1. The van der Waals surface area contributed by atoms with Crippen LogP contribution in [0.3, 0.4) is 0 Å². The molecule has 100 valence electrons. The normalized spacial score (nSPS) is 22.2. The van der Waals surface area contributed by atoms with Gasteiger partial charge >= 0.3 is 5.97 Å². The average molecular weight is 259 g/mol. The summed E-state index contributed by atoms with van der Waals surface area (Å²) in [7, 11) is 0. The number of fused-ring (bicyclic) bond motifs is 3. The Morgan fingerprint density at radius 3 is 3.05 bits per heavy atom. The number of benzene rings is 1. The Hall–Kier alpha value is -1.81. The van der Waals surface area contributed by atoms with Crippen molar-refractivity contribution in [1.82, 2.24) is 4.98 Å². The van der Waals surface area contributed by atoms with Gasteiger partial charge in [-0.1, -0.05) is 18.2 Å². The number of rotatable bonds is 2. The maximum Gasteiger partial charge on any atom is 0.365 e.